The topological polar surface area (TPSA) is 48.8 Å². The van der Waals surface area contributed by atoms with Gasteiger partial charge in [0, 0.05) is 50.2 Å². The molecule has 5 heteroatoms. The molecule has 0 unspecified atom stereocenters. The second-order valence-corrected chi connectivity index (χ2v) is 13.1. The smallest absolute Gasteiger partial charge is 0.156 e. The number of benzene rings is 6. The molecule has 5 nitrogen and oxygen atoms in total. The number of fused-ring (bicyclic) bond motifs is 9. The Morgan fingerprint density at radius 2 is 1.00 bits per heavy atom. The molecule has 0 atom stereocenters. The van der Waals surface area contributed by atoms with Crippen LogP contribution in [0.1, 0.15) is 0 Å². The minimum absolute atomic E-state index is 0.721. The Hall–Kier alpha value is -6.98. The Morgan fingerprint density at radius 3 is 1.75 bits per heavy atom. The molecule has 0 bridgehead atoms. The molecule has 0 radical (unpaired) electrons. The van der Waals surface area contributed by atoms with Crippen LogP contribution < -0.4 is 0 Å². The van der Waals surface area contributed by atoms with Crippen LogP contribution in [0.4, 0.5) is 0 Å². The first kappa shape index (κ1) is 27.9. The molecule has 5 heterocycles. The summed E-state index contributed by atoms with van der Waals surface area (Å²) < 4.78 is 11.0. The van der Waals surface area contributed by atoms with Crippen molar-refractivity contribution in [2.75, 3.05) is 0 Å². The highest BCUT2D eigenvalue weighted by Crippen LogP contribution is 2.38. The third kappa shape index (κ3) is 4.22. The highest BCUT2D eigenvalue weighted by Gasteiger charge is 2.17. The van der Waals surface area contributed by atoms with Gasteiger partial charge in [0.1, 0.15) is 11.0 Å². The summed E-state index contributed by atoms with van der Waals surface area (Å²) in [5.41, 5.74) is 13.9. The van der Waals surface area contributed by atoms with Crippen molar-refractivity contribution in [3.63, 3.8) is 0 Å². The van der Waals surface area contributed by atoms with Crippen molar-refractivity contribution >= 4 is 65.8 Å². The maximum absolute atomic E-state index is 6.38. The molecule has 51 heavy (non-hydrogen) atoms. The summed E-state index contributed by atoms with van der Waals surface area (Å²) in [5, 5.41) is 4.86. The van der Waals surface area contributed by atoms with E-state index in [1.165, 1.54) is 38.1 Å². The number of hydrogen-bond acceptors (Lipinski definition) is 3. The Kier molecular flexibility index (Phi) is 5.89. The Balaban J connectivity index is 1.02. The summed E-state index contributed by atoms with van der Waals surface area (Å²) in [5.74, 6) is 0. The molecule has 0 amide bonds. The molecule has 0 saturated carbocycles. The number of para-hydroxylation sites is 4. The lowest BCUT2D eigenvalue weighted by molar-refractivity contribution is 0.667. The van der Waals surface area contributed by atoms with Gasteiger partial charge in [-0.15, -0.1) is 0 Å². The van der Waals surface area contributed by atoms with Gasteiger partial charge in [0.15, 0.2) is 11.2 Å². The predicted molar refractivity (Wildman–Crippen MR) is 209 cm³/mol. The van der Waals surface area contributed by atoms with Crippen molar-refractivity contribution in [2.24, 2.45) is 0 Å². The molecule has 0 spiro atoms. The fourth-order valence-electron chi connectivity index (χ4n) is 7.83. The summed E-state index contributed by atoms with van der Waals surface area (Å²) in [6, 6.07) is 57.7. The van der Waals surface area contributed by atoms with Gasteiger partial charge in [-0.1, -0.05) is 91.0 Å². The number of hydrogen-bond donors (Lipinski definition) is 0. The van der Waals surface area contributed by atoms with E-state index in [4.69, 9.17) is 14.4 Å². The molecular formula is C46H28N4O. The highest BCUT2D eigenvalue weighted by molar-refractivity contribution is 6.12. The van der Waals surface area contributed by atoms with Crippen LogP contribution in [-0.2, 0) is 0 Å². The van der Waals surface area contributed by atoms with Crippen molar-refractivity contribution in [3.05, 3.63) is 170 Å². The van der Waals surface area contributed by atoms with E-state index in [2.05, 4.69) is 161 Å². The second-order valence-electron chi connectivity index (χ2n) is 13.1. The van der Waals surface area contributed by atoms with E-state index < -0.39 is 0 Å². The zero-order valence-corrected chi connectivity index (χ0v) is 27.4. The van der Waals surface area contributed by atoms with E-state index in [0.29, 0.717) is 0 Å². The van der Waals surface area contributed by atoms with Crippen LogP contribution in [-0.4, -0.2) is 19.1 Å². The fourth-order valence-corrected chi connectivity index (χ4v) is 7.83. The van der Waals surface area contributed by atoms with Crippen LogP contribution in [0.3, 0.4) is 0 Å². The van der Waals surface area contributed by atoms with Crippen LogP contribution in [0.5, 0.6) is 0 Å². The average molecular weight is 653 g/mol. The quantitative estimate of drug-likeness (QED) is 0.190. The van der Waals surface area contributed by atoms with E-state index in [0.717, 1.165) is 61.5 Å². The summed E-state index contributed by atoms with van der Waals surface area (Å²) in [6.07, 6.45) is 1.94. The number of aromatic nitrogens is 4. The number of rotatable bonds is 4. The van der Waals surface area contributed by atoms with Crippen molar-refractivity contribution in [2.45, 2.75) is 0 Å². The molecule has 11 aromatic rings. The van der Waals surface area contributed by atoms with E-state index in [9.17, 15) is 0 Å². The predicted octanol–water partition coefficient (Wildman–Crippen LogP) is 11.9. The SMILES string of the molecule is c1ccc(-n2c3ccccc3c3cc(-c4cnc5c(c4)oc4ccc(-c6ccc7c8ccccc8n(-c8ccccc8)c7c6)nc45)ccc32)cc1. The molecule has 5 aromatic heterocycles. The van der Waals surface area contributed by atoms with Gasteiger partial charge in [0.05, 0.1) is 27.8 Å². The minimum atomic E-state index is 0.721. The maximum atomic E-state index is 6.38. The lowest BCUT2D eigenvalue weighted by atomic mass is 10.0. The minimum Gasteiger partial charge on any atom is -0.453 e. The van der Waals surface area contributed by atoms with Crippen LogP contribution in [0, 0.1) is 0 Å². The van der Waals surface area contributed by atoms with Crippen molar-refractivity contribution in [3.8, 4) is 33.8 Å². The molecule has 6 aromatic carbocycles. The van der Waals surface area contributed by atoms with Gasteiger partial charge in [0.2, 0.25) is 0 Å². The average Bonchev–Trinajstić information content (AvgIpc) is 3.85. The first-order valence-electron chi connectivity index (χ1n) is 17.2. The lowest BCUT2D eigenvalue weighted by Crippen LogP contribution is -1.93. The molecular weight excluding hydrogens is 625 g/mol. The molecule has 11 rings (SSSR count). The Morgan fingerprint density at radius 1 is 0.392 bits per heavy atom. The van der Waals surface area contributed by atoms with E-state index >= 15 is 0 Å². The lowest BCUT2D eigenvalue weighted by Gasteiger charge is -2.08. The second kappa shape index (κ2) is 10.8. The van der Waals surface area contributed by atoms with Crippen LogP contribution in [0.25, 0.3) is 99.6 Å². The normalized spacial score (nSPS) is 11.9. The number of pyridine rings is 2. The third-order valence-corrected chi connectivity index (χ3v) is 10.2. The number of furan rings is 1. The summed E-state index contributed by atoms with van der Waals surface area (Å²) in [7, 11) is 0. The maximum Gasteiger partial charge on any atom is 0.156 e. The largest absolute Gasteiger partial charge is 0.453 e. The van der Waals surface area contributed by atoms with Gasteiger partial charge in [0.25, 0.3) is 0 Å². The summed E-state index contributed by atoms with van der Waals surface area (Å²) in [6.45, 7) is 0. The van der Waals surface area contributed by atoms with Gasteiger partial charge in [-0.3, -0.25) is 0 Å². The van der Waals surface area contributed by atoms with Gasteiger partial charge < -0.3 is 13.6 Å². The van der Waals surface area contributed by atoms with E-state index in [1.807, 2.05) is 18.3 Å². The third-order valence-electron chi connectivity index (χ3n) is 10.2. The van der Waals surface area contributed by atoms with Gasteiger partial charge in [-0.2, -0.15) is 0 Å². The van der Waals surface area contributed by atoms with Crippen molar-refractivity contribution in [1.29, 1.82) is 0 Å². The van der Waals surface area contributed by atoms with Crippen molar-refractivity contribution in [1.82, 2.24) is 19.1 Å². The molecule has 0 aliphatic rings. The monoisotopic (exact) mass is 652 g/mol. The highest BCUT2D eigenvalue weighted by atomic mass is 16.3. The zero-order valence-electron chi connectivity index (χ0n) is 27.4. The number of nitrogens with zero attached hydrogens (tertiary/aromatic N) is 4. The van der Waals surface area contributed by atoms with E-state index in [1.54, 1.807) is 0 Å². The van der Waals surface area contributed by atoms with Crippen LogP contribution in [0.2, 0.25) is 0 Å². The molecule has 0 aliphatic carbocycles. The standard InChI is InChI=1S/C46H28N4O/c1-3-11-32(12-4-1)49-40-18-10-8-16-35(40)37-25-29(20-23-41(37)49)31-27-44-45(47-28-31)46-43(51-44)24-22-38(48-46)30-19-21-36-34-15-7-9-17-39(34)50(42(36)26-30)33-13-5-2-6-14-33/h1-28H. The Labute approximate surface area is 292 Å². The molecule has 0 N–H and O–H groups in total. The zero-order chi connectivity index (χ0) is 33.5. The van der Waals surface area contributed by atoms with Crippen LogP contribution >= 0.6 is 0 Å². The van der Waals surface area contributed by atoms with Gasteiger partial charge in [-0.25, -0.2) is 9.97 Å². The van der Waals surface area contributed by atoms with Crippen LogP contribution in [0.15, 0.2) is 174 Å². The van der Waals surface area contributed by atoms with Crippen molar-refractivity contribution < 1.29 is 4.42 Å². The fraction of sp³-hybridized carbons (Fsp3) is 0. The summed E-state index contributed by atoms with van der Waals surface area (Å²) in [4.78, 5) is 10.1. The Bertz CT molecular complexity index is 3130. The molecule has 0 aliphatic heterocycles. The van der Waals surface area contributed by atoms with Gasteiger partial charge in [-0.05, 0) is 78.4 Å². The molecule has 0 saturated heterocycles. The summed E-state index contributed by atoms with van der Waals surface area (Å²) >= 11 is 0. The molecule has 0 fully saturated rings. The molecule has 238 valence electrons. The van der Waals surface area contributed by atoms with Gasteiger partial charge >= 0.3 is 0 Å². The van der Waals surface area contributed by atoms with E-state index in [-0.39, 0.29) is 0 Å². The first-order valence-corrected chi connectivity index (χ1v) is 17.2. The first-order chi connectivity index (χ1) is 25.3.